The van der Waals surface area contributed by atoms with Gasteiger partial charge in [0.15, 0.2) is 0 Å². The van der Waals surface area contributed by atoms with Crippen LogP contribution in [0.2, 0.25) is 0 Å². The first-order valence-corrected chi connectivity index (χ1v) is 6.04. The standard InChI is InChI=1S/C12H9BrF3NO2/c1-2-19-11(18)5-7-3-9(12(14,15)16)8(6-17)4-10(7)13/h3-4H,2,5H2,1H3. The predicted molar refractivity (Wildman–Crippen MR) is 64.2 cm³/mol. The summed E-state index contributed by atoms with van der Waals surface area (Å²) in [7, 11) is 0. The molecule has 0 atom stereocenters. The molecular formula is C12H9BrF3NO2. The Morgan fingerprint density at radius 1 is 1.47 bits per heavy atom. The lowest BCUT2D eigenvalue weighted by molar-refractivity contribution is -0.142. The molecule has 0 aliphatic rings. The molecule has 3 nitrogen and oxygen atoms in total. The third-order valence-electron chi connectivity index (χ3n) is 2.25. The molecule has 0 N–H and O–H groups in total. The Hall–Kier alpha value is -1.55. The predicted octanol–water partition coefficient (Wildman–Crippen LogP) is 3.45. The maximum atomic E-state index is 12.7. The smallest absolute Gasteiger partial charge is 0.417 e. The number of benzene rings is 1. The van der Waals surface area contributed by atoms with E-state index in [9.17, 15) is 18.0 Å². The first kappa shape index (κ1) is 15.5. The number of rotatable bonds is 3. The summed E-state index contributed by atoms with van der Waals surface area (Å²) in [4.78, 5) is 11.3. The summed E-state index contributed by atoms with van der Waals surface area (Å²) in [5.74, 6) is -0.624. The summed E-state index contributed by atoms with van der Waals surface area (Å²) in [5, 5.41) is 8.70. The molecule has 0 saturated carbocycles. The number of alkyl halides is 3. The van der Waals surface area contributed by atoms with Crippen LogP contribution in [0.25, 0.3) is 0 Å². The second kappa shape index (κ2) is 6.06. The third-order valence-corrected chi connectivity index (χ3v) is 2.99. The highest BCUT2D eigenvalue weighted by atomic mass is 79.9. The Bertz CT molecular complexity index is 535. The largest absolute Gasteiger partial charge is 0.466 e. The van der Waals surface area contributed by atoms with Crippen molar-refractivity contribution in [2.75, 3.05) is 6.61 Å². The van der Waals surface area contributed by atoms with Crippen LogP contribution in [0.3, 0.4) is 0 Å². The SMILES string of the molecule is CCOC(=O)Cc1cc(C(F)(F)F)c(C#N)cc1Br. The molecule has 0 spiro atoms. The molecule has 1 rings (SSSR count). The number of hydrogen-bond acceptors (Lipinski definition) is 3. The van der Waals surface area contributed by atoms with Gasteiger partial charge in [-0.3, -0.25) is 4.79 Å². The summed E-state index contributed by atoms with van der Waals surface area (Å²) in [5.41, 5.74) is -1.42. The molecule has 0 amide bonds. The maximum Gasteiger partial charge on any atom is 0.417 e. The zero-order valence-electron chi connectivity index (χ0n) is 9.84. The first-order valence-electron chi connectivity index (χ1n) is 5.25. The highest BCUT2D eigenvalue weighted by Gasteiger charge is 2.34. The van der Waals surface area contributed by atoms with Crippen molar-refractivity contribution in [3.8, 4) is 6.07 Å². The van der Waals surface area contributed by atoms with Gasteiger partial charge in [-0.05, 0) is 24.6 Å². The van der Waals surface area contributed by atoms with Crippen LogP contribution >= 0.6 is 15.9 Å². The molecule has 7 heteroatoms. The van der Waals surface area contributed by atoms with E-state index in [0.717, 1.165) is 12.1 Å². The molecule has 0 unspecified atom stereocenters. The van der Waals surface area contributed by atoms with Crippen LogP contribution in [-0.4, -0.2) is 12.6 Å². The molecular weight excluding hydrogens is 327 g/mol. The van der Waals surface area contributed by atoms with E-state index in [1.54, 1.807) is 6.92 Å². The zero-order valence-corrected chi connectivity index (χ0v) is 11.4. The van der Waals surface area contributed by atoms with Crippen molar-refractivity contribution < 1.29 is 22.7 Å². The number of halogens is 4. The van der Waals surface area contributed by atoms with Crippen LogP contribution < -0.4 is 0 Å². The molecule has 0 aliphatic carbocycles. The van der Waals surface area contributed by atoms with Crippen molar-refractivity contribution in [2.24, 2.45) is 0 Å². The average Bonchev–Trinajstić information content (AvgIpc) is 2.30. The van der Waals surface area contributed by atoms with Crippen molar-refractivity contribution in [2.45, 2.75) is 19.5 Å². The molecule has 0 heterocycles. The van der Waals surface area contributed by atoms with Gasteiger partial charge in [0, 0.05) is 4.47 Å². The van der Waals surface area contributed by atoms with Gasteiger partial charge in [-0.2, -0.15) is 18.4 Å². The van der Waals surface area contributed by atoms with Crippen molar-refractivity contribution in [1.82, 2.24) is 0 Å². The van der Waals surface area contributed by atoms with Gasteiger partial charge in [0.1, 0.15) is 0 Å². The van der Waals surface area contributed by atoms with E-state index < -0.39 is 23.3 Å². The highest BCUT2D eigenvalue weighted by molar-refractivity contribution is 9.10. The fourth-order valence-corrected chi connectivity index (χ4v) is 1.93. The van der Waals surface area contributed by atoms with E-state index in [0.29, 0.717) is 0 Å². The molecule has 0 fully saturated rings. The van der Waals surface area contributed by atoms with Crippen LogP contribution in [0, 0.1) is 11.3 Å². The number of nitriles is 1. The van der Waals surface area contributed by atoms with Gasteiger partial charge in [-0.25, -0.2) is 0 Å². The van der Waals surface area contributed by atoms with Crippen molar-refractivity contribution in [3.63, 3.8) is 0 Å². The van der Waals surface area contributed by atoms with Crippen LogP contribution in [0.15, 0.2) is 16.6 Å². The van der Waals surface area contributed by atoms with E-state index in [4.69, 9.17) is 5.26 Å². The summed E-state index contributed by atoms with van der Waals surface area (Å²) >= 11 is 3.04. The fraction of sp³-hybridized carbons (Fsp3) is 0.333. The number of hydrogen-bond donors (Lipinski definition) is 0. The molecule has 19 heavy (non-hydrogen) atoms. The van der Waals surface area contributed by atoms with Crippen molar-refractivity contribution >= 4 is 21.9 Å². The van der Waals surface area contributed by atoms with Gasteiger partial charge < -0.3 is 4.74 Å². The molecule has 0 aromatic heterocycles. The number of carbonyl (C=O) groups is 1. The molecule has 0 radical (unpaired) electrons. The van der Waals surface area contributed by atoms with Crippen LogP contribution in [0.4, 0.5) is 13.2 Å². The summed E-state index contributed by atoms with van der Waals surface area (Å²) in [6.07, 6.45) is -4.93. The second-order valence-corrected chi connectivity index (χ2v) is 4.43. The van der Waals surface area contributed by atoms with E-state index in [1.165, 1.54) is 6.07 Å². The van der Waals surface area contributed by atoms with E-state index in [2.05, 4.69) is 20.7 Å². The normalized spacial score (nSPS) is 10.9. The fourth-order valence-electron chi connectivity index (χ4n) is 1.45. The van der Waals surface area contributed by atoms with Gasteiger partial charge in [-0.15, -0.1) is 0 Å². The van der Waals surface area contributed by atoms with Gasteiger partial charge >= 0.3 is 12.1 Å². The lowest BCUT2D eigenvalue weighted by atomic mass is 10.0. The Labute approximate surface area is 116 Å². The Morgan fingerprint density at radius 3 is 2.58 bits per heavy atom. The topological polar surface area (TPSA) is 50.1 Å². The molecule has 1 aromatic rings. The number of carbonyl (C=O) groups excluding carboxylic acids is 1. The average molecular weight is 336 g/mol. The number of nitrogens with zero attached hydrogens (tertiary/aromatic N) is 1. The van der Waals surface area contributed by atoms with E-state index in [1.807, 2.05) is 0 Å². The number of esters is 1. The third kappa shape index (κ3) is 3.96. The van der Waals surface area contributed by atoms with Crippen LogP contribution in [0.5, 0.6) is 0 Å². The van der Waals surface area contributed by atoms with E-state index in [-0.39, 0.29) is 23.1 Å². The highest BCUT2D eigenvalue weighted by Crippen LogP contribution is 2.35. The number of ether oxygens (including phenoxy) is 1. The maximum absolute atomic E-state index is 12.7. The van der Waals surface area contributed by atoms with Gasteiger partial charge in [0.05, 0.1) is 30.2 Å². The minimum Gasteiger partial charge on any atom is -0.466 e. The summed E-state index contributed by atoms with van der Waals surface area (Å²) in [6.45, 7) is 1.76. The van der Waals surface area contributed by atoms with E-state index >= 15 is 0 Å². The zero-order chi connectivity index (χ0) is 14.6. The molecule has 0 saturated heterocycles. The van der Waals surface area contributed by atoms with Gasteiger partial charge in [0.25, 0.3) is 0 Å². The Balaban J connectivity index is 3.21. The lowest BCUT2D eigenvalue weighted by Gasteiger charge is -2.12. The first-order chi connectivity index (χ1) is 8.79. The second-order valence-electron chi connectivity index (χ2n) is 3.58. The van der Waals surface area contributed by atoms with Gasteiger partial charge in [-0.1, -0.05) is 15.9 Å². The molecule has 0 bridgehead atoms. The summed E-state index contributed by atoms with van der Waals surface area (Å²) in [6, 6.07) is 3.33. The molecule has 1 aromatic carbocycles. The van der Waals surface area contributed by atoms with Crippen LogP contribution in [-0.2, 0) is 22.1 Å². The molecule has 0 aliphatic heterocycles. The van der Waals surface area contributed by atoms with Crippen molar-refractivity contribution in [3.05, 3.63) is 33.3 Å². The van der Waals surface area contributed by atoms with Crippen molar-refractivity contribution in [1.29, 1.82) is 5.26 Å². The molecule has 102 valence electrons. The summed E-state index contributed by atoms with van der Waals surface area (Å²) < 4.78 is 43.2. The monoisotopic (exact) mass is 335 g/mol. The minimum atomic E-state index is -4.64. The Morgan fingerprint density at radius 2 is 2.11 bits per heavy atom. The quantitative estimate of drug-likeness (QED) is 0.795. The minimum absolute atomic E-state index is 0.129. The van der Waals surface area contributed by atoms with Crippen LogP contribution in [0.1, 0.15) is 23.6 Å². The Kier molecular flexibility index (Phi) is 4.95. The lowest BCUT2D eigenvalue weighted by Crippen LogP contribution is -2.12. The van der Waals surface area contributed by atoms with Gasteiger partial charge in [0.2, 0.25) is 0 Å².